The molecule has 1 saturated heterocycles. The summed E-state index contributed by atoms with van der Waals surface area (Å²) in [6, 6.07) is 4.41. The fourth-order valence-corrected chi connectivity index (χ4v) is 3.16. The summed E-state index contributed by atoms with van der Waals surface area (Å²) >= 11 is 0. The van der Waals surface area contributed by atoms with E-state index >= 15 is 0 Å². The maximum Gasteiger partial charge on any atom is 0.243 e. The fraction of sp³-hybridized carbons (Fsp3) is 0.700. The van der Waals surface area contributed by atoms with Gasteiger partial charge in [-0.05, 0) is 51.4 Å². The molecule has 1 aromatic rings. The highest BCUT2D eigenvalue weighted by molar-refractivity contribution is 14.0. The van der Waals surface area contributed by atoms with Crippen molar-refractivity contribution in [3.05, 3.63) is 24.2 Å². The van der Waals surface area contributed by atoms with E-state index in [1.807, 2.05) is 12.1 Å². The summed E-state index contributed by atoms with van der Waals surface area (Å²) in [4.78, 5) is 20.4. The molecule has 1 unspecified atom stereocenters. The van der Waals surface area contributed by atoms with Crippen LogP contribution in [0.2, 0.25) is 0 Å². The third-order valence-electron chi connectivity index (χ3n) is 4.98. The maximum atomic E-state index is 11.8. The number of carbonyl (C=O) groups is 1. The molecule has 2 N–H and O–H groups in total. The summed E-state index contributed by atoms with van der Waals surface area (Å²) in [5.41, 5.74) is 0. The van der Waals surface area contributed by atoms with Crippen LogP contribution in [0.4, 0.5) is 0 Å². The zero-order valence-corrected chi connectivity index (χ0v) is 19.8. The number of furan rings is 1. The molecule has 7 nitrogen and oxygen atoms in total. The molecule has 0 radical (unpaired) electrons. The summed E-state index contributed by atoms with van der Waals surface area (Å²) in [5.74, 6) is 1.61. The Kier molecular flexibility index (Phi) is 12.2. The van der Waals surface area contributed by atoms with Gasteiger partial charge in [0.05, 0.1) is 6.26 Å². The molecule has 1 aromatic heterocycles. The first kappa shape index (κ1) is 24.7. The molecule has 28 heavy (non-hydrogen) atoms. The second-order valence-corrected chi connectivity index (χ2v) is 7.37. The van der Waals surface area contributed by atoms with Gasteiger partial charge in [0.15, 0.2) is 5.96 Å². The van der Waals surface area contributed by atoms with Crippen molar-refractivity contribution in [2.45, 2.75) is 45.1 Å². The number of guanidine groups is 1. The number of amides is 1. The van der Waals surface area contributed by atoms with Gasteiger partial charge in [0.2, 0.25) is 5.91 Å². The van der Waals surface area contributed by atoms with Crippen LogP contribution in [0.3, 0.4) is 0 Å². The molecule has 0 spiro atoms. The van der Waals surface area contributed by atoms with Crippen LogP contribution in [-0.2, 0) is 11.2 Å². The summed E-state index contributed by atoms with van der Waals surface area (Å²) in [5, 5.41) is 6.68. The van der Waals surface area contributed by atoms with Crippen LogP contribution < -0.4 is 10.6 Å². The number of likely N-dealkylation sites (tertiary alicyclic amines) is 1. The van der Waals surface area contributed by atoms with Gasteiger partial charge in [-0.2, -0.15) is 0 Å². The molecule has 2 rings (SSSR count). The Hall–Kier alpha value is -1.29. The highest BCUT2D eigenvalue weighted by atomic mass is 127. The number of nitrogens with one attached hydrogen (secondary N) is 2. The highest BCUT2D eigenvalue weighted by Gasteiger charge is 2.16. The minimum Gasteiger partial charge on any atom is -0.469 e. The first-order valence-electron chi connectivity index (χ1n) is 10.0. The van der Waals surface area contributed by atoms with E-state index < -0.39 is 0 Å². The van der Waals surface area contributed by atoms with Crippen LogP contribution in [0.25, 0.3) is 0 Å². The van der Waals surface area contributed by atoms with Crippen molar-refractivity contribution in [3.63, 3.8) is 0 Å². The highest BCUT2D eigenvalue weighted by Crippen LogP contribution is 2.13. The van der Waals surface area contributed by atoms with Crippen LogP contribution in [-0.4, -0.2) is 74.5 Å². The van der Waals surface area contributed by atoms with Gasteiger partial charge in [0.1, 0.15) is 12.3 Å². The Morgan fingerprint density at radius 3 is 2.61 bits per heavy atom. The quantitative estimate of drug-likeness (QED) is 0.306. The van der Waals surface area contributed by atoms with E-state index in [1.54, 1.807) is 25.3 Å². The van der Waals surface area contributed by atoms with Crippen LogP contribution >= 0.6 is 24.0 Å². The summed E-state index contributed by atoms with van der Waals surface area (Å²) in [6.07, 6.45) is 7.50. The van der Waals surface area contributed by atoms with Crippen molar-refractivity contribution in [2.75, 3.05) is 46.8 Å². The van der Waals surface area contributed by atoms with Gasteiger partial charge in [0.25, 0.3) is 0 Å². The molecule has 1 fully saturated rings. The number of carbonyl (C=O) groups excluding carboxylic acids is 1. The number of piperidine rings is 1. The molecule has 1 amide bonds. The van der Waals surface area contributed by atoms with Crippen molar-refractivity contribution in [1.82, 2.24) is 20.4 Å². The van der Waals surface area contributed by atoms with Gasteiger partial charge < -0.3 is 24.9 Å². The van der Waals surface area contributed by atoms with Crippen molar-refractivity contribution in [1.29, 1.82) is 0 Å². The number of halogens is 1. The smallest absolute Gasteiger partial charge is 0.243 e. The van der Waals surface area contributed by atoms with E-state index in [9.17, 15) is 4.79 Å². The number of hydrogen-bond donors (Lipinski definition) is 2. The van der Waals surface area contributed by atoms with E-state index in [-0.39, 0.29) is 36.4 Å². The van der Waals surface area contributed by atoms with Gasteiger partial charge in [-0.25, -0.2) is 4.99 Å². The number of nitrogens with zero attached hydrogens (tertiary/aromatic N) is 3. The lowest BCUT2D eigenvalue weighted by molar-refractivity contribution is -0.127. The van der Waals surface area contributed by atoms with Gasteiger partial charge in [-0.1, -0.05) is 6.42 Å². The Morgan fingerprint density at radius 1 is 1.25 bits per heavy atom. The van der Waals surface area contributed by atoms with Crippen LogP contribution in [0.5, 0.6) is 0 Å². The SMILES string of the molecule is CC(CCNC(=NCC(=O)N(C)C)NCCc1ccco1)N1CCCCC1.I. The lowest BCUT2D eigenvalue weighted by Gasteiger charge is -2.32. The van der Waals surface area contributed by atoms with Crippen LogP contribution in [0.1, 0.15) is 38.4 Å². The summed E-state index contributed by atoms with van der Waals surface area (Å²) in [7, 11) is 3.49. The van der Waals surface area contributed by atoms with E-state index in [0.717, 1.165) is 25.1 Å². The van der Waals surface area contributed by atoms with Crippen molar-refractivity contribution in [3.8, 4) is 0 Å². The van der Waals surface area contributed by atoms with Gasteiger partial charge in [0, 0.05) is 39.6 Å². The van der Waals surface area contributed by atoms with E-state index in [2.05, 4.69) is 27.4 Å². The molecular weight excluding hydrogens is 469 g/mol. The lowest BCUT2D eigenvalue weighted by Crippen LogP contribution is -2.43. The monoisotopic (exact) mass is 505 g/mol. The molecule has 0 aliphatic carbocycles. The lowest BCUT2D eigenvalue weighted by atomic mass is 10.1. The predicted molar refractivity (Wildman–Crippen MR) is 124 cm³/mol. The first-order valence-corrected chi connectivity index (χ1v) is 10.0. The molecule has 1 aliphatic rings. The average Bonchev–Trinajstić information content (AvgIpc) is 3.19. The Morgan fingerprint density at radius 2 is 1.96 bits per heavy atom. The van der Waals surface area contributed by atoms with Gasteiger partial charge >= 0.3 is 0 Å². The third-order valence-corrected chi connectivity index (χ3v) is 4.98. The molecule has 8 heteroatoms. The Labute approximate surface area is 186 Å². The van der Waals surface area contributed by atoms with Crippen molar-refractivity contribution in [2.24, 2.45) is 4.99 Å². The largest absolute Gasteiger partial charge is 0.469 e. The van der Waals surface area contributed by atoms with Gasteiger partial charge in [-0.3, -0.25) is 4.79 Å². The van der Waals surface area contributed by atoms with Crippen LogP contribution in [0, 0.1) is 0 Å². The summed E-state index contributed by atoms with van der Waals surface area (Å²) in [6.45, 7) is 6.40. The number of likely N-dealkylation sites (N-methyl/N-ethyl adjacent to an activating group) is 1. The Bertz CT molecular complexity index is 571. The average molecular weight is 505 g/mol. The number of aliphatic imine (C=N–C) groups is 1. The minimum absolute atomic E-state index is 0. The fourth-order valence-electron chi connectivity index (χ4n) is 3.16. The molecule has 0 bridgehead atoms. The molecule has 1 aliphatic heterocycles. The molecule has 0 saturated carbocycles. The molecule has 160 valence electrons. The van der Waals surface area contributed by atoms with E-state index in [1.165, 1.54) is 32.4 Å². The van der Waals surface area contributed by atoms with Crippen LogP contribution in [0.15, 0.2) is 27.8 Å². The van der Waals surface area contributed by atoms with E-state index in [0.29, 0.717) is 18.5 Å². The second-order valence-electron chi connectivity index (χ2n) is 7.37. The molecular formula is C20H36IN5O2. The topological polar surface area (TPSA) is 73.1 Å². The van der Waals surface area contributed by atoms with Crippen molar-refractivity contribution < 1.29 is 9.21 Å². The van der Waals surface area contributed by atoms with Crippen molar-refractivity contribution >= 4 is 35.8 Å². The molecule has 2 heterocycles. The second kappa shape index (κ2) is 13.8. The third kappa shape index (κ3) is 9.27. The molecule has 0 aromatic carbocycles. The predicted octanol–water partition coefficient (Wildman–Crippen LogP) is 2.33. The van der Waals surface area contributed by atoms with E-state index in [4.69, 9.17) is 4.42 Å². The minimum atomic E-state index is -0.0104. The number of hydrogen-bond acceptors (Lipinski definition) is 4. The zero-order chi connectivity index (χ0) is 19.5. The zero-order valence-electron chi connectivity index (χ0n) is 17.4. The maximum absolute atomic E-state index is 11.8. The standard InChI is InChI=1S/C20H35N5O2.HI/c1-17(25-13-5-4-6-14-25)9-11-21-20(23-16-19(26)24(2)3)22-12-10-18-8-7-15-27-18;/h7-8,15,17H,4-6,9-14,16H2,1-3H3,(H2,21,22,23);1H. The van der Waals surface area contributed by atoms with Gasteiger partial charge in [-0.15, -0.1) is 24.0 Å². The normalized spacial score (nSPS) is 16.2. The number of rotatable bonds is 9. The Balaban J connectivity index is 0.00000392. The molecule has 1 atom stereocenters. The first-order chi connectivity index (χ1) is 13.1. The summed E-state index contributed by atoms with van der Waals surface area (Å²) < 4.78 is 5.36.